The Hall–Kier alpha value is -4.01. The molecule has 0 bridgehead atoms. The van der Waals surface area contributed by atoms with Gasteiger partial charge in [-0.05, 0) is 43.5 Å². The molecule has 1 aliphatic heterocycles. The Morgan fingerprint density at radius 1 is 0.971 bits per heavy atom. The standard InChI is InChI=1S/C27H27N3O5/c1-17-20-13-7-8-14-21(20)22-15-9-10-16-23(22)30(24(17)31)28-29(18(2)25(32)33)26(34)27(3,35)19-11-5-4-6-12-19/h4-18,28,35H,1-3H3,(H,32,33)/t17?,18-,27-/m0/s1. The minimum atomic E-state index is -2.05. The van der Waals surface area contributed by atoms with E-state index in [4.69, 9.17) is 0 Å². The number of fused-ring (bicyclic) bond motifs is 3. The van der Waals surface area contributed by atoms with Gasteiger partial charge in [0.15, 0.2) is 5.60 Å². The molecular formula is C27H27N3O5. The Kier molecular flexibility index (Phi) is 6.43. The second-order valence-electron chi connectivity index (χ2n) is 8.73. The molecule has 3 aromatic rings. The minimum absolute atomic E-state index is 0.290. The summed E-state index contributed by atoms with van der Waals surface area (Å²) in [4.78, 5) is 39.2. The fourth-order valence-electron chi connectivity index (χ4n) is 4.21. The van der Waals surface area contributed by atoms with Crippen LogP contribution in [-0.4, -0.2) is 39.0 Å². The second kappa shape index (κ2) is 9.32. The molecule has 2 amide bonds. The second-order valence-corrected chi connectivity index (χ2v) is 8.73. The first-order chi connectivity index (χ1) is 16.6. The van der Waals surface area contributed by atoms with Crippen molar-refractivity contribution in [2.75, 3.05) is 5.01 Å². The van der Waals surface area contributed by atoms with Crippen molar-refractivity contribution in [1.82, 2.24) is 10.5 Å². The van der Waals surface area contributed by atoms with Crippen molar-refractivity contribution in [2.45, 2.75) is 38.3 Å². The summed E-state index contributed by atoms with van der Waals surface area (Å²) >= 11 is 0. The third-order valence-electron chi connectivity index (χ3n) is 6.38. The number of nitrogens with one attached hydrogen (secondary N) is 1. The number of carbonyl (C=O) groups excluding carboxylic acids is 2. The van der Waals surface area contributed by atoms with E-state index in [0.717, 1.165) is 21.7 Å². The summed E-state index contributed by atoms with van der Waals surface area (Å²) in [6.07, 6.45) is 0. The highest BCUT2D eigenvalue weighted by atomic mass is 16.4. The number of aliphatic carboxylic acids is 1. The zero-order chi connectivity index (χ0) is 25.3. The average Bonchev–Trinajstić information content (AvgIpc) is 2.96. The van der Waals surface area contributed by atoms with E-state index < -0.39 is 29.4 Å². The molecule has 0 fully saturated rings. The van der Waals surface area contributed by atoms with Crippen molar-refractivity contribution in [3.63, 3.8) is 0 Å². The lowest BCUT2D eigenvalue weighted by atomic mass is 9.92. The van der Waals surface area contributed by atoms with Crippen LogP contribution in [0.3, 0.4) is 0 Å². The number of amides is 2. The van der Waals surface area contributed by atoms with E-state index in [1.807, 2.05) is 36.4 Å². The molecule has 0 aliphatic carbocycles. The lowest BCUT2D eigenvalue weighted by Gasteiger charge is -2.37. The van der Waals surface area contributed by atoms with Crippen LogP contribution in [0.25, 0.3) is 11.1 Å². The number of aliphatic hydroxyl groups is 1. The molecule has 0 saturated carbocycles. The molecular weight excluding hydrogens is 446 g/mol. The van der Waals surface area contributed by atoms with Crippen LogP contribution < -0.4 is 10.5 Å². The Balaban J connectivity index is 1.81. The highest BCUT2D eigenvalue weighted by molar-refractivity contribution is 6.04. The van der Waals surface area contributed by atoms with Crippen molar-refractivity contribution in [2.24, 2.45) is 0 Å². The molecule has 3 atom stereocenters. The van der Waals surface area contributed by atoms with Crippen molar-refractivity contribution in [3.8, 4) is 11.1 Å². The number of hydrogen-bond donors (Lipinski definition) is 3. The lowest BCUT2D eigenvalue weighted by molar-refractivity contribution is -0.165. The van der Waals surface area contributed by atoms with Gasteiger partial charge in [0, 0.05) is 5.56 Å². The average molecular weight is 474 g/mol. The minimum Gasteiger partial charge on any atom is -0.480 e. The molecule has 8 nitrogen and oxygen atoms in total. The maximum atomic E-state index is 13.7. The fraction of sp³-hybridized carbons (Fsp3) is 0.222. The summed E-state index contributed by atoms with van der Waals surface area (Å²) < 4.78 is 0. The SMILES string of the molecule is CC1C(=O)N(NN(C(=O)[C@@](C)(O)c2ccccc2)[C@@H](C)C(=O)O)c2ccccc2-c2ccccc21. The predicted molar refractivity (Wildman–Crippen MR) is 131 cm³/mol. The molecule has 35 heavy (non-hydrogen) atoms. The number of para-hydroxylation sites is 1. The van der Waals surface area contributed by atoms with Gasteiger partial charge < -0.3 is 10.2 Å². The van der Waals surface area contributed by atoms with Crippen LogP contribution in [0, 0.1) is 0 Å². The number of carboxylic acids is 1. The molecule has 1 aliphatic rings. The molecule has 0 saturated heterocycles. The van der Waals surface area contributed by atoms with Crippen molar-refractivity contribution >= 4 is 23.5 Å². The number of hydrogen-bond acceptors (Lipinski definition) is 5. The number of rotatable bonds is 6. The number of hydrazine groups is 2. The molecule has 0 spiro atoms. The van der Waals surface area contributed by atoms with Crippen LogP contribution in [0.4, 0.5) is 5.69 Å². The first kappa shape index (κ1) is 24.1. The third kappa shape index (κ3) is 4.29. The molecule has 3 N–H and O–H groups in total. The summed E-state index contributed by atoms with van der Waals surface area (Å²) in [6.45, 7) is 4.36. The van der Waals surface area contributed by atoms with Gasteiger partial charge >= 0.3 is 5.97 Å². The topological polar surface area (TPSA) is 110 Å². The molecule has 1 unspecified atom stereocenters. The molecule has 4 rings (SSSR count). The first-order valence-corrected chi connectivity index (χ1v) is 11.3. The van der Waals surface area contributed by atoms with E-state index in [-0.39, 0.29) is 11.5 Å². The molecule has 1 heterocycles. The van der Waals surface area contributed by atoms with Crippen LogP contribution >= 0.6 is 0 Å². The number of benzene rings is 3. The number of nitrogens with zero attached hydrogens (tertiary/aromatic N) is 2. The van der Waals surface area contributed by atoms with Gasteiger partial charge in [0.05, 0.1) is 11.6 Å². The maximum absolute atomic E-state index is 13.7. The highest BCUT2D eigenvalue weighted by Gasteiger charge is 2.42. The van der Waals surface area contributed by atoms with Gasteiger partial charge in [0.1, 0.15) is 6.04 Å². The summed E-state index contributed by atoms with van der Waals surface area (Å²) in [5, 5.41) is 22.9. The lowest BCUT2D eigenvalue weighted by Crippen LogP contribution is -2.63. The third-order valence-corrected chi connectivity index (χ3v) is 6.38. The number of carboxylic acid groups (broad SMARTS) is 1. The van der Waals surface area contributed by atoms with E-state index in [9.17, 15) is 24.6 Å². The predicted octanol–water partition coefficient (Wildman–Crippen LogP) is 3.43. The van der Waals surface area contributed by atoms with Gasteiger partial charge in [0.2, 0.25) is 5.91 Å². The van der Waals surface area contributed by atoms with Crippen molar-refractivity contribution < 1.29 is 24.6 Å². The van der Waals surface area contributed by atoms with E-state index in [1.54, 1.807) is 49.4 Å². The number of anilines is 1. The van der Waals surface area contributed by atoms with Crippen LogP contribution in [0.1, 0.15) is 37.8 Å². The summed E-state index contributed by atoms with van der Waals surface area (Å²) in [7, 11) is 0. The van der Waals surface area contributed by atoms with Crippen LogP contribution in [-0.2, 0) is 20.0 Å². The zero-order valence-electron chi connectivity index (χ0n) is 19.7. The normalized spacial score (nSPS) is 17.4. The van der Waals surface area contributed by atoms with Gasteiger partial charge in [-0.3, -0.25) is 9.59 Å². The van der Waals surface area contributed by atoms with Crippen LogP contribution in [0.2, 0.25) is 0 Å². The van der Waals surface area contributed by atoms with Crippen molar-refractivity contribution in [1.29, 1.82) is 0 Å². The van der Waals surface area contributed by atoms with Gasteiger partial charge in [0.25, 0.3) is 5.91 Å². The molecule has 0 radical (unpaired) electrons. The van der Waals surface area contributed by atoms with E-state index in [2.05, 4.69) is 5.53 Å². The Bertz CT molecular complexity index is 1270. The summed E-state index contributed by atoms with van der Waals surface area (Å²) in [5.41, 5.74) is 3.88. The summed E-state index contributed by atoms with van der Waals surface area (Å²) in [6, 6.07) is 21.5. The molecule has 3 aromatic carbocycles. The maximum Gasteiger partial charge on any atom is 0.327 e. The fourth-order valence-corrected chi connectivity index (χ4v) is 4.21. The largest absolute Gasteiger partial charge is 0.480 e. The van der Waals surface area contributed by atoms with E-state index in [1.165, 1.54) is 18.9 Å². The zero-order valence-corrected chi connectivity index (χ0v) is 19.7. The van der Waals surface area contributed by atoms with Gasteiger partial charge in [-0.25, -0.2) is 14.8 Å². The Labute approximate surface area is 203 Å². The van der Waals surface area contributed by atoms with Crippen molar-refractivity contribution in [3.05, 3.63) is 90.0 Å². The van der Waals surface area contributed by atoms with Gasteiger partial charge in [-0.2, -0.15) is 0 Å². The molecule has 0 aromatic heterocycles. The Morgan fingerprint density at radius 2 is 1.54 bits per heavy atom. The van der Waals surface area contributed by atoms with E-state index in [0.29, 0.717) is 5.69 Å². The number of carbonyl (C=O) groups is 3. The van der Waals surface area contributed by atoms with Crippen LogP contribution in [0.5, 0.6) is 0 Å². The first-order valence-electron chi connectivity index (χ1n) is 11.3. The monoisotopic (exact) mass is 473 g/mol. The molecule has 8 heteroatoms. The smallest absolute Gasteiger partial charge is 0.327 e. The molecule has 180 valence electrons. The quantitative estimate of drug-likeness (QED) is 0.473. The summed E-state index contributed by atoms with van der Waals surface area (Å²) in [5.74, 6) is -3.19. The van der Waals surface area contributed by atoms with Gasteiger partial charge in [-0.1, -0.05) is 72.8 Å². The Morgan fingerprint density at radius 3 is 2.20 bits per heavy atom. The van der Waals surface area contributed by atoms with Crippen LogP contribution in [0.15, 0.2) is 78.9 Å². The van der Waals surface area contributed by atoms with Gasteiger partial charge in [-0.15, -0.1) is 5.53 Å². The van der Waals surface area contributed by atoms with E-state index >= 15 is 0 Å². The highest BCUT2D eigenvalue weighted by Crippen LogP contribution is 2.40.